The maximum Gasteiger partial charge on any atom is 0.253 e. The molecule has 2 atom stereocenters. The molecule has 10 nitrogen and oxygen atoms in total. The van der Waals surface area contributed by atoms with Gasteiger partial charge in [-0.25, -0.2) is 13.6 Å². The number of aliphatic hydroxyl groups is 1. The van der Waals surface area contributed by atoms with Gasteiger partial charge in [-0.1, -0.05) is 24.6 Å². The Kier molecular flexibility index (Phi) is 6.96. The zero-order valence-corrected chi connectivity index (χ0v) is 18.7. The molecule has 0 saturated heterocycles. The second-order valence-corrected chi connectivity index (χ2v) is 8.80. The van der Waals surface area contributed by atoms with Crippen LogP contribution in [0.2, 0.25) is 5.02 Å². The summed E-state index contributed by atoms with van der Waals surface area (Å²) in [5, 5.41) is 21.0. The molecule has 2 aromatic carbocycles. The van der Waals surface area contributed by atoms with Gasteiger partial charge >= 0.3 is 0 Å². The fourth-order valence-corrected chi connectivity index (χ4v) is 4.64. The van der Waals surface area contributed by atoms with Crippen molar-refractivity contribution in [3.05, 3.63) is 73.3 Å². The average molecular weight is 481 g/mol. The zero-order chi connectivity index (χ0) is 23.6. The highest BCUT2D eigenvalue weighted by Gasteiger charge is 2.29. The van der Waals surface area contributed by atoms with Crippen LogP contribution in [0.15, 0.2) is 51.1 Å². The Bertz CT molecular complexity index is 1310. The maximum absolute atomic E-state index is 12.3. The number of aromatic nitrogens is 1. The lowest BCUT2D eigenvalue weighted by Crippen LogP contribution is -2.37. The van der Waals surface area contributed by atoms with Crippen molar-refractivity contribution < 1.29 is 18.3 Å². The smallest absolute Gasteiger partial charge is 0.253 e. The fraction of sp³-hybridized carbons (Fsp3) is 0.250. The summed E-state index contributed by atoms with van der Waals surface area (Å²) >= 11 is 6.00. The molecule has 0 amide bonds. The van der Waals surface area contributed by atoms with E-state index in [2.05, 4.69) is 15.6 Å². The number of hydrogen-bond acceptors (Lipinski definition) is 9. The van der Waals surface area contributed by atoms with Crippen LogP contribution in [0.4, 0.5) is 17.1 Å². The molecular formula is C20H21ClN4O6S. The summed E-state index contributed by atoms with van der Waals surface area (Å²) in [4.78, 5) is 28.1. The maximum atomic E-state index is 12.3. The SMILES string of the molecule is CCC(Nc1c(Nc2ccc(Cl)c(S(N)(=O)=O)c2C(O)OC)c(=O)c1=O)c1cccnc1. The number of nitrogens with one attached hydrogen (secondary N) is 2. The fourth-order valence-electron chi connectivity index (χ4n) is 3.29. The number of benzene rings is 1. The molecule has 0 aliphatic heterocycles. The van der Waals surface area contributed by atoms with Gasteiger partial charge in [0.2, 0.25) is 10.0 Å². The number of anilines is 3. The molecule has 2 unspecified atom stereocenters. The van der Waals surface area contributed by atoms with E-state index in [1.165, 1.54) is 12.1 Å². The summed E-state index contributed by atoms with van der Waals surface area (Å²) in [6, 6.07) is 5.85. The van der Waals surface area contributed by atoms with Crippen molar-refractivity contribution in [2.75, 3.05) is 17.7 Å². The van der Waals surface area contributed by atoms with Gasteiger partial charge in [0.25, 0.3) is 10.9 Å². The number of ether oxygens (including phenoxy) is 1. The van der Waals surface area contributed by atoms with E-state index in [-0.39, 0.29) is 33.7 Å². The number of primary sulfonamides is 1. The van der Waals surface area contributed by atoms with Crippen molar-refractivity contribution in [1.82, 2.24) is 4.98 Å². The summed E-state index contributed by atoms with van der Waals surface area (Å²) in [6.45, 7) is 1.90. The topological polar surface area (TPSA) is 161 Å². The number of rotatable bonds is 9. The standard InChI is InChI=1S/C20H21ClN4O6S/c1-3-12(10-5-4-8-23-9-10)24-15-16(18(27)17(15)26)25-13-7-6-11(21)19(32(22,29)30)14(13)20(28)31-2/h4-9,12,20,24-25,28H,3H2,1-2H3,(H2,22,29,30). The first kappa shape index (κ1) is 23.8. The third-order valence-corrected chi connectivity index (χ3v) is 6.32. The predicted octanol–water partition coefficient (Wildman–Crippen LogP) is 1.92. The number of nitrogens with zero attached hydrogens (tertiary/aromatic N) is 1. The van der Waals surface area contributed by atoms with Gasteiger partial charge in [-0.05, 0) is 30.2 Å². The van der Waals surface area contributed by atoms with Gasteiger partial charge in [-0.15, -0.1) is 0 Å². The minimum atomic E-state index is -4.37. The lowest BCUT2D eigenvalue weighted by molar-refractivity contribution is -0.0782. The Labute approximate surface area is 188 Å². The van der Waals surface area contributed by atoms with Gasteiger partial charge in [0.05, 0.1) is 16.6 Å². The second-order valence-electron chi connectivity index (χ2n) is 6.90. The van der Waals surface area contributed by atoms with E-state index in [0.717, 1.165) is 12.7 Å². The number of sulfonamides is 1. The first-order valence-corrected chi connectivity index (χ1v) is 11.3. The summed E-state index contributed by atoms with van der Waals surface area (Å²) in [6.07, 6.45) is 2.12. The molecule has 0 aliphatic rings. The monoisotopic (exact) mass is 480 g/mol. The van der Waals surface area contributed by atoms with Gasteiger partial charge < -0.3 is 20.5 Å². The van der Waals surface area contributed by atoms with Gasteiger partial charge in [0.1, 0.15) is 16.3 Å². The molecule has 0 saturated carbocycles. The third-order valence-electron chi connectivity index (χ3n) is 4.89. The Hall–Kier alpha value is -2.83. The van der Waals surface area contributed by atoms with E-state index < -0.39 is 32.1 Å². The molecule has 5 N–H and O–H groups in total. The Morgan fingerprint density at radius 3 is 2.47 bits per heavy atom. The lowest BCUT2D eigenvalue weighted by atomic mass is 10.0. The average Bonchev–Trinajstić information content (AvgIpc) is 2.78. The van der Waals surface area contributed by atoms with E-state index in [9.17, 15) is 23.1 Å². The van der Waals surface area contributed by atoms with Gasteiger partial charge in [0.15, 0.2) is 6.29 Å². The number of nitrogens with two attached hydrogens (primary N) is 1. The molecule has 0 spiro atoms. The van der Waals surface area contributed by atoms with E-state index in [4.69, 9.17) is 21.5 Å². The van der Waals surface area contributed by atoms with Crippen LogP contribution in [0.1, 0.15) is 36.8 Å². The minimum absolute atomic E-state index is 0.0163. The molecule has 0 radical (unpaired) electrons. The molecule has 3 aromatic rings. The number of aliphatic hydroxyl groups excluding tert-OH is 1. The highest BCUT2D eigenvalue weighted by atomic mass is 35.5. The summed E-state index contributed by atoms with van der Waals surface area (Å²) in [5.41, 5.74) is -1.10. The van der Waals surface area contributed by atoms with Crippen molar-refractivity contribution in [3.63, 3.8) is 0 Å². The number of methoxy groups -OCH3 is 1. The highest BCUT2D eigenvalue weighted by molar-refractivity contribution is 7.89. The predicted molar refractivity (Wildman–Crippen MR) is 120 cm³/mol. The minimum Gasteiger partial charge on any atom is -0.373 e. The van der Waals surface area contributed by atoms with Crippen molar-refractivity contribution in [2.24, 2.45) is 5.14 Å². The molecule has 0 fully saturated rings. The summed E-state index contributed by atoms with van der Waals surface area (Å²) in [7, 11) is -3.22. The first-order chi connectivity index (χ1) is 15.1. The lowest BCUT2D eigenvalue weighted by Gasteiger charge is -2.24. The van der Waals surface area contributed by atoms with E-state index >= 15 is 0 Å². The van der Waals surface area contributed by atoms with Crippen LogP contribution in [0.3, 0.4) is 0 Å². The van der Waals surface area contributed by atoms with Crippen molar-refractivity contribution >= 4 is 38.7 Å². The van der Waals surface area contributed by atoms with E-state index in [1.807, 2.05) is 13.0 Å². The van der Waals surface area contributed by atoms with Crippen LogP contribution < -0.4 is 26.6 Å². The molecule has 12 heteroatoms. The molecule has 32 heavy (non-hydrogen) atoms. The normalized spacial score (nSPS) is 13.7. The van der Waals surface area contributed by atoms with Crippen molar-refractivity contribution in [2.45, 2.75) is 30.6 Å². The highest BCUT2D eigenvalue weighted by Crippen LogP contribution is 2.37. The van der Waals surface area contributed by atoms with E-state index in [1.54, 1.807) is 18.5 Å². The Morgan fingerprint density at radius 1 is 1.22 bits per heavy atom. The molecular weight excluding hydrogens is 460 g/mol. The third kappa shape index (κ3) is 4.52. The molecule has 0 bridgehead atoms. The van der Waals surface area contributed by atoms with Gasteiger partial charge in [-0.2, -0.15) is 0 Å². The molecule has 3 rings (SSSR count). The van der Waals surface area contributed by atoms with Gasteiger partial charge in [0, 0.05) is 25.2 Å². The Morgan fingerprint density at radius 2 is 1.91 bits per heavy atom. The van der Waals surface area contributed by atoms with Gasteiger partial charge in [-0.3, -0.25) is 14.6 Å². The van der Waals surface area contributed by atoms with Crippen LogP contribution in [0.5, 0.6) is 0 Å². The quantitative estimate of drug-likeness (QED) is 0.265. The van der Waals surface area contributed by atoms with Crippen LogP contribution in [-0.4, -0.2) is 25.6 Å². The number of halogens is 1. The Balaban J connectivity index is 2.05. The van der Waals surface area contributed by atoms with Crippen molar-refractivity contribution in [3.8, 4) is 0 Å². The van der Waals surface area contributed by atoms with Crippen LogP contribution >= 0.6 is 11.6 Å². The van der Waals surface area contributed by atoms with Crippen LogP contribution in [0, 0.1) is 0 Å². The van der Waals surface area contributed by atoms with Crippen molar-refractivity contribution in [1.29, 1.82) is 0 Å². The summed E-state index contributed by atoms with van der Waals surface area (Å²) in [5.74, 6) is 0. The second kappa shape index (κ2) is 9.35. The molecule has 1 heterocycles. The molecule has 0 aliphatic carbocycles. The largest absolute Gasteiger partial charge is 0.373 e. The number of pyridine rings is 1. The molecule has 1 aromatic heterocycles. The van der Waals surface area contributed by atoms with Crippen LogP contribution in [-0.2, 0) is 14.8 Å². The first-order valence-electron chi connectivity index (χ1n) is 9.43. The summed E-state index contributed by atoms with van der Waals surface area (Å²) < 4.78 is 29.0. The number of hydrogen-bond donors (Lipinski definition) is 4. The molecule has 170 valence electrons. The zero-order valence-electron chi connectivity index (χ0n) is 17.1. The van der Waals surface area contributed by atoms with E-state index in [0.29, 0.717) is 6.42 Å². The van der Waals surface area contributed by atoms with Crippen LogP contribution in [0.25, 0.3) is 0 Å².